The summed E-state index contributed by atoms with van der Waals surface area (Å²) in [6, 6.07) is 11.2. The Morgan fingerprint density at radius 2 is 1.77 bits per heavy atom. The summed E-state index contributed by atoms with van der Waals surface area (Å²) < 4.78 is 28.9. The monoisotopic (exact) mass is 533 g/mol. The first-order valence-corrected chi connectivity index (χ1v) is 9.35. The van der Waals surface area contributed by atoms with Crippen LogP contribution in [0.1, 0.15) is 12.5 Å². The molecule has 0 heterocycles. The van der Waals surface area contributed by atoms with Crippen molar-refractivity contribution in [1.82, 2.24) is 10.6 Å². The van der Waals surface area contributed by atoms with Crippen LogP contribution in [-0.2, 0) is 6.54 Å². The van der Waals surface area contributed by atoms with Crippen LogP contribution >= 0.6 is 24.0 Å². The van der Waals surface area contributed by atoms with Crippen LogP contribution < -0.4 is 24.8 Å². The Balaban J connectivity index is 0.00000450. The van der Waals surface area contributed by atoms with Crippen LogP contribution in [0.25, 0.3) is 0 Å². The maximum atomic E-state index is 12.9. The number of ether oxygens (including phenoxy) is 3. The largest absolute Gasteiger partial charge is 0.497 e. The number of hydrogen-bond acceptors (Lipinski definition) is 5. The second-order valence-electron chi connectivity index (χ2n) is 6.17. The van der Waals surface area contributed by atoms with Gasteiger partial charge in [-0.05, 0) is 43.3 Å². The molecule has 7 nitrogen and oxygen atoms in total. The summed E-state index contributed by atoms with van der Waals surface area (Å²) in [5.74, 6) is 2.13. The van der Waals surface area contributed by atoms with Gasteiger partial charge in [-0.3, -0.25) is 0 Å². The predicted octanol–water partition coefficient (Wildman–Crippen LogP) is 2.96. The molecule has 2 aromatic rings. The van der Waals surface area contributed by atoms with Crippen molar-refractivity contribution in [3.63, 3.8) is 0 Å². The van der Waals surface area contributed by atoms with Gasteiger partial charge in [-0.1, -0.05) is 0 Å². The van der Waals surface area contributed by atoms with Gasteiger partial charge in [-0.25, -0.2) is 9.38 Å². The zero-order valence-electron chi connectivity index (χ0n) is 17.4. The zero-order chi connectivity index (χ0) is 21.1. The summed E-state index contributed by atoms with van der Waals surface area (Å²) in [6.07, 6.45) is -0.764. The number of guanidine groups is 1. The van der Waals surface area contributed by atoms with E-state index in [2.05, 4.69) is 15.6 Å². The number of aliphatic imine (C=N–C) groups is 1. The van der Waals surface area contributed by atoms with E-state index < -0.39 is 6.10 Å². The molecular weight excluding hydrogens is 504 g/mol. The molecule has 0 saturated carbocycles. The summed E-state index contributed by atoms with van der Waals surface area (Å²) in [7, 11) is 3.20. The molecule has 0 radical (unpaired) electrons. The second-order valence-corrected chi connectivity index (χ2v) is 6.17. The molecule has 0 spiro atoms. The van der Waals surface area contributed by atoms with Gasteiger partial charge >= 0.3 is 0 Å². The summed E-state index contributed by atoms with van der Waals surface area (Å²) in [6.45, 7) is 3.34. The Kier molecular flexibility index (Phi) is 11.9. The number of halogens is 2. The maximum absolute atomic E-state index is 12.9. The minimum Gasteiger partial charge on any atom is -0.497 e. The van der Waals surface area contributed by atoms with E-state index in [-0.39, 0.29) is 42.9 Å². The van der Waals surface area contributed by atoms with Crippen LogP contribution in [0, 0.1) is 5.82 Å². The van der Waals surface area contributed by atoms with Gasteiger partial charge in [0.05, 0.1) is 20.8 Å². The lowest BCUT2D eigenvalue weighted by Gasteiger charge is -2.16. The fraction of sp³-hybridized carbons (Fsp3) is 0.381. The van der Waals surface area contributed by atoms with Crippen molar-refractivity contribution in [2.45, 2.75) is 19.6 Å². The first-order valence-electron chi connectivity index (χ1n) is 9.35. The number of hydrogen-bond donors (Lipinski definition) is 3. The fourth-order valence-corrected chi connectivity index (χ4v) is 2.49. The summed E-state index contributed by atoms with van der Waals surface area (Å²) in [5, 5.41) is 16.3. The third kappa shape index (κ3) is 8.62. The number of rotatable bonds is 10. The zero-order valence-corrected chi connectivity index (χ0v) is 19.7. The summed E-state index contributed by atoms with van der Waals surface area (Å²) in [5.41, 5.74) is 0.908. The Hall–Kier alpha value is -2.27. The van der Waals surface area contributed by atoms with E-state index in [1.807, 2.05) is 25.1 Å². The van der Waals surface area contributed by atoms with E-state index in [1.165, 1.54) is 24.3 Å². The highest BCUT2D eigenvalue weighted by molar-refractivity contribution is 14.0. The Morgan fingerprint density at radius 3 is 2.40 bits per heavy atom. The lowest BCUT2D eigenvalue weighted by Crippen LogP contribution is -2.42. The van der Waals surface area contributed by atoms with Crippen LogP contribution in [0.3, 0.4) is 0 Å². The van der Waals surface area contributed by atoms with Crippen molar-refractivity contribution < 1.29 is 23.7 Å². The van der Waals surface area contributed by atoms with Gasteiger partial charge in [0.2, 0.25) is 0 Å². The van der Waals surface area contributed by atoms with Crippen molar-refractivity contribution in [3.05, 3.63) is 53.8 Å². The van der Waals surface area contributed by atoms with E-state index >= 15 is 0 Å². The highest BCUT2D eigenvalue weighted by Crippen LogP contribution is 2.25. The van der Waals surface area contributed by atoms with Crippen LogP contribution in [-0.4, -0.2) is 51.1 Å². The molecule has 3 N–H and O–H groups in total. The van der Waals surface area contributed by atoms with Crippen molar-refractivity contribution >= 4 is 29.9 Å². The number of aliphatic hydroxyl groups is 1. The lowest BCUT2D eigenvalue weighted by atomic mass is 10.2. The average Bonchev–Trinajstić information content (AvgIpc) is 2.75. The molecule has 0 aliphatic carbocycles. The number of nitrogens with zero attached hydrogens (tertiary/aromatic N) is 1. The average molecular weight is 533 g/mol. The van der Waals surface area contributed by atoms with Crippen molar-refractivity contribution in [1.29, 1.82) is 0 Å². The molecule has 30 heavy (non-hydrogen) atoms. The van der Waals surface area contributed by atoms with E-state index in [1.54, 1.807) is 14.2 Å². The standard InChI is InChI=1S/C21H28FN3O4.HI/c1-4-23-21(24-12-15-5-8-19(27-2)11-20(15)28-3)25-13-17(26)14-29-18-9-6-16(22)7-10-18;/h5-11,17,26H,4,12-14H2,1-3H3,(H2,23,24,25);1H. The first kappa shape index (κ1) is 25.8. The molecule has 0 aromatic heterocycles. The van der Waals surface area contributed by atoms with Crippen LogP contribution in [0.4, 0.5) is 4.39 Å². The molecule has 0 fully saturated rings. The lowest BCUT2D eigenvalue weighted by molar-refractivity contribution is 0.110. The van der Waals surface area contributed by atoms with Crippen molar-refractivity contribution in [2.75, 3.05) is 33.9 Å². The highest BCUT2D eigenvalue weighted by Gasteiger charge is 2.09. The molecular formula is C21H29FIN3O4. The topological polar surface area (TPSA) is 84.3 Å². The fourth-order valence-electron chi connectivity index (χ4n) is 2.49. The summed E-state index contributed by atoms with van der Waals surface area (Å²) in [4.78, 5) is 4.53. The van der Waals surface area contributed by atoms with Gasteiger partial charge in [0.15, 0.2) is 5.96 Å². The molecule has 2 aromatic carbocycles. The van der Waals surface area contributed by atoms with Crippen LogP contribution in [0.15, 0.2) is 47.5 Å². The quantitative estimate of drug-likeness (QED) is 0.248. The molecule has 9 heteroatoms. The van der Waals surface area contributed by atoms with E-state index in [4.69, 9.17) is 14.2 Å². The van der Waals surface area contributed by atoms with E-state index in [0.717, 1.165) is 5.56 Å². The highest BCUT2D eigenvalue weighted by atomic mass is 127. The van der Waals surface area contributed by atoms with Crippen molar-refractivity contribution in [2.24, 2.45) is 4.99 Å². The normalized spacial score (nSPS) is 11.8. The molecule has 1 atom stereocenters. The number of aliphatic hydroxyl groups excluding tert-OH is 1. The van der Waals surface area contributed by atoms with Gasteiger partial charge in [-0.15, -0.1) is 24.0 Å². The third-order valence-corrected chi connectivity index (χ3v) is 4.01. The SMILES string of the molecule is CCNC(=NCc1ccc(OC)cc1OC)NCC(O)COc1ccc(F)cc1.I. The number of nitrogens with one attached hydrogen (secondary N) is 2. The number of methoxy groups -OCH3 is 2. The molecule has 0 aliphatic heterocycles. The third-order valence-electron chi connectivity index (χ3n) is 4.01. The van der Waals surface area contributed by atoms with Gasteiger partial charge in [0, 0.05) is 24.7 Å². The van der Waals surface area contributed by atoms with E-state index in [0.29, 0.717) is 36.3 Å². The second kappa shape index (κ2) is 13.9. The molecule has 0 bridgehead atoms. The molecule has 0 aliphatic rings. The number of benzene rings is 2. The minimum absolute atomic E-state index is 0. The molecule has 0 saturated heterocycles. The van der Waals surface area contributed by atoms with Gasteiger partial charge in [0.1, 0.15) is 35.8 Å². The molecule has 2 rings (SSSR count). The molecule has 166 valence electrons. The smallest absolute Gasteiger partial charge is 0.191 e. The molecule has 1 unspecified atom stereocenters. The van der Waals surface area contributed by atoms with Crippen LogP contribution in [0.2, 0.25) is 0 Å². The molecule has 0 amide bonds. The Morgan fingerprint density at radius 1 is 1.07 bits per heavy atom. The Bertz CT molecular complexity index is 790. The van der Waals surface area contributed by atoms with Gasteiger partial charge in [-0.2, -0.15) is 0 Å². The van der Waals surface area contributed by atoms with Crippen molar-refractivity contribution in [3.8, 4) is 17.2 Å². The van der Waals surface area contributed by atoms with E-state index in [9.17, 15) is 9.50 Å². The van der Waals surface area contributed by atoms with Crippen LogP contribution in [0.5, 0.6) is 17.2 Å². The summed E-state index contributed by atoms with van der Waals surface area (Å²) >= 11 is 0. The first-order chi connectivity index (χ1) is 14.0. The predicted molar refractivity (Wildman–Crippen MR) is 126 cm³/mol. The van der Waals surface area contributed by atoms with Gasteiger partial charge < -0.3 is 30.0 Å². The minimum atomic E-state index is -0.764. The Labute approximate surface area is 193 Å². The van der Waals surface area contributed by atoms with Gasteiger partial charge in [0.25, 0.3) is 0 Å². The maximum Gasteiger partial charge on any atom is 0.191 e.